The second-order valence-corrected chi connectivity index (χ2v) is 8.04. The molecule has 0 bridgehead atoms. The first-order chi connectivity index (χ1) is 9.55. The molecule has 0 radical (unpaired) electrons. The lowest BCUT2D eigenvalue weighted by atomic mass is 10.1. The fourth-order valence-corrected chi connectivity index (χ4v) is 4.01. The van der Waals surface area contributed by atoms with Crippen LogP contribution >= 0.6 is 11.8 Å². The zero-order chi connectivity index (χ0) is 14.2. The quantitative estimate of drug-likeness (QED) is 0.863. The van der Waals surface area contributed by atoms with Crippen molar-refractivity contribution in [3.63, 3.8) is 0 Å². The second kappa shape index (κ2) is 5.32. The standard InChI is InChI=1S/C16H22N2OS/c1-16(2)7-8-18(9-10-20-16)15(19)14-11-12-5-3-4-6-13(12)17-14/h3-6,14,17H,7-11H2,1-2H3/t14-/m0/s1. The van der Waals surface area contributed by atoms with Gasteiger partial charge in [0.2, 0.25) is 5.91 Å². The van der Waals surface area contributed by atoms with Crippen LogP contribution in [0, 0.1) is 0 Å². The topological polar surface area (TPSA) is 32.3 Å². The van der Waals surface area contributed by atoms with Gasteiger partial charge in [-0.2, -0.15) is 11.8 Å². The number of hydrogen-bond donors (Lipinski definition) is 1. The third kappa shape index (κ3) is 2.80. The van der Waals surface area contributed by atoms with Crippen LogP contribution in [0.3, 0.4) is 0 Å². The molecule has 3 rings (SSSR count). The molecule has 1 aromatic carbocycles. The largest absolute Gasteiger partial charge is 0.373 e. The Balaban J connectivity index is 1.66. The minimum atomic E-state index is -0.0707. The number of para-hydroxylation sites is 1. The van der Waals surface area contributed by atoms with Crippen LogP contribution in [-0.2, 0) is 11.2 Å². The highest BCUT2D eigenvalue weighted by Gasteiger charge is 2.32. The van der Waals surface area contributed by atoms with Gasteiger partial charge in [0.1, 0.15) is 6.04 Å². The van der Waals surface area contributed by atoms with Crippen LogP contribution in [0.5, 0.6) is 0 Å². The van der Waals surface area contributed by atoms with E-state index in [-0.39, 0.29) is 11.9 Å². The van der Waals surface area contributed by atoms with E-state index in [9.17, 15) is 4.79 Å². The summed E-state index contributed by atoms with van der Waals surface area (Å²) in [4.78, 5) is 14.7. The number of nitrogens with zero attached hydrogens (tertiary/aromatic N) is 1. The fourth-order valence-electron chi connectivity index (χ4n) is 2.91. The molecule has 0 unspecified atom stereocenters. The van der Waals surface area contributed by atoms with Crippen LogP contribution in [0.4, 0.5) is 5.69 Å². The zero-order valence-electron chi connectivity index (χ0n) is 12.2. The van der Waals surface area contributed by atoms with Gasteiger partial charge in [0, 0.05) is 35.7 Å². The first kappa shape index (κ1) is 13.8. The van der Waals surface area contributed by atoms with E-state index in [0.717, 1.165) is 37.4 Å². The number of nitrogens with one attached hydrogen (secondary N) is 1. The van der Waals surface area contributed by atoms with Crippen LogP contribution in [0.1, 0.15) is 25.8 Å². The van der Waals surface area contributed by atoms with Gasteiger partial charge in [-0.25, -0.2) is 0 Å². The molecule has 0 aromatic heterocycles. The number of fused-ring (bicyclic) bond motifs is 1. The molecule has 1 amide bonds. The van der Waals surface area contributed by atoms with Crippen molar-refractivity contribution in [3.8, 4) is 0 Å². The molecule has 4 heteroatoms. The molecule has 2 aliphatic heterocycles. The molecule has 1 aromatic rings. The van der Waals surface area contributed by atoms with Gasteiger partial charge in [0.25, 0.3) is 0 Å². The summed E-state index contributed by atoms with van der Waals surface area (Å²) >= 11 is 1.98. The summed E-state index contributed by atoms with van der Waals surface area (Å²) in [6, 6.07) is 8.15. The molecule has 1 atom stereocenters. The first-order valence-electron chi connectivity index (χ1n) is 7.32. The maximum atomic E-state index is 12.7. The molecule has 3 nitrogen and oxygen atoms in total. The lowest BCUT2D eigenvalue weighted by Gasteiger charge is -2.25. The molecule has 2 heterocycles. The Bertz CT molecular complexity index is 490. The van der Waals surface area contributed by atoms with Crippen LogP contribution in [0.2, 0.25) is 0 Å². The van der Waals surface area contributed by atoms with Crippen LogP contribution in [0.15, 0.2) is 24.3 Å². The summed E-state index contributed by atoms with van der Waals surface area (Å²) in [6.45, 7) is 6.31. The second-order valence-electron chi connectivity index (χ2n) is 6.24. The van der Waals surface area contributed by atoms with Gasteiger partial charge in [-0.05, 0) is 18.1 Å². The van der Waals surface area contributed by atoms with Gasteiger partial charge >= 0.3 is 0 Å². The number of thioether (sulfide) groups is 1. The molecule has 0 saturated carbocycles. The minimum absolute atomic E-state index is 0.0707. The van der Waals surface area contributed by atoms with Crippen molar-refractivity contribution in [2.45, 2.75) is 37.5 Å². The summed E-state index contributed by atoms with van der Waals surface area (Å²) in [5, 5.41) is 3.37. The molecule has 1 N–H and O–H groups in total. The zero-order valence-corrected chi connectivity index (χ0v) is 13.0. The third-order valence-electron chi connectivity index (χ3n) is 4.22. The van der Waals surface area contributed by atoms with Crippen molar-refractivity contribution >= 4 is 23.4 Å². The highest BCUT2D eigenvalue weighted by molar-refractivity contribution is 8.00. The molecule has 1 fully saturated rings. The van der Waals surface area contributed by atoms with Crippen LogP contribution in [0.25, 0.3) is 0 Å². The van der Waals surface area contributed by atoms with E-state index in [1.807, 2.05) is 28.8 Å². The maximum Gasteiger partial charge on any atom is 0.245 e. The van der Waals surface area contributed by atoms with E-state index < -0.39 is 0 Å². The van der Waals surface area contributed by atoms with Crippen molar-refractivity contribution in [3.05, 3.63) is 29.8 Å². The normalized spacial score (nSPS) is 24.7. The van der Waals surface area contributed by atoms with E-state index in [1.165, 1.54) is 5.56 Å². The summed E-state index contributed by atoms with van der Waals surface area (Å²) < 4.78 is 0.293. The number of amides is 1. The number of rotatable bonds is 1. The average Bonchev–Trinajstić information content (AvgIpc) is 2.77. The molecule has 0 spiro atoms. The van der Waals surface area contributed by atoms with Gasteiger partial charge in [-0.15, -0.1) is 0 Å². The van der Waals surface area contributed by atoms with Crippen molar-refractivity contribution < 1.29 is 4.79 Å². The predicted octanol–water partition coefficient (Wildman–Crippen LogP) is 2.77. The molecule has 20 heavy (non-hydrogen) atoms. The first-order valence-corrected chi connectivity index (χ1v) is 8.31. The molecule has 108 valence electrons. The number of benzene rings is 1. The SMILES string of the molecule is CC1(C)CCN(C(=O)[C@@H]2Cc3ccccc3N2)CCS1. The average molecular weight is 290 g/mol. The third-order valence-corrected chi connectivity index (χ3v) is 5.59. The molecule has 1 saturated heterocycles. The Morgan fingerprint density at radius 3 is 2.95 bits per heavy atom. The lowest BCUT2D eigenvalue weighted by molar-refractivity contribution is -0.131. The number of hydrogen-bond acceptors (Lipinski definition) is 3. The monoisotopic (exact) mass is 290 g/mol. The number of carbonyl (C=O) groups excluding carboxylic acids is 1. The van der Waals surface area contributed by atoms with E-state index >= 15 is 0 Å². The number of anilines is 1. The minimum Gasteiger partial charge on any atom is -0.373 e. The Kier molecular flexibility index (Phi) is 3.67. The Morgan fingerprint density at radius 1 is 1.35 bits per heavy atom. The van der Waals surface area contributed by atoms with E-state index in [4.69, 9.17) is 0 Å². The fraction of sp³-hybridized carbons (Fsp3) is 0.562. The molecular weight excluding hydrogens is 268 g/mol. The van der Waals surface area contributed by atoms with Gasteiger partial charge in [0.05, 0.1) is 0 Å². The van der Waals surface area contributed by atoms with Gasteiger partial charge in [-0.1, -0.05) is 32.0 Å². The molecule has 2 aliphatic rings. The van der Waals surface area contributed by atoms with Crippen LogP contribution < -0.4 is 5.32 Å². The summed E-state index contributed by atoms with van der Waals surface area (Å²) in [6.07, 6.45) is 1.89. The van der Waals surface area contributed by atoms with Crippen molar-refractivity contribution in [1.29, 1.82) is 0 Å². The summed E-state index contributed by atoms with van der Waals surface area (Å²) in [7, 11) is 0. The van der Waals surface area contributed by atoms with Gasteiger partial charge < -0.3 is 10.2 Å². The highest BCUT2D eigenvalue weighted by atomic mass is 32.2. The van der Waals surface area contributed by atoms with E-state index in [1.54, 1.807) is 0 Å². The number of carbonyl (C=O) groups is 1. The molecule has 0 aliphatic carbocycles. The van der Waals surface area contributed by atoms with Crippen LogP contribution in [-0.4, -0.2) is 40.4 Å². The van der Waals surface area contributed by atoms with Gasteiger partial charge in [-0.3, -0.25) is 4.79 Å². The van der Waals surface area contributed by atoms with Crippen molar-refractivity contribution in [2.24, 2.45) is 0 Å². The summed E-state index contributed by atoms with van der Waals surface area (Å²) in [5.74, 6) is 1.30. The summed E-state index contributed by atoms with van der Waals surface area (Å²) in [5.41, 5.74) is 2.38. The van der Waals surface area contributed by atoms with E-state index in [2.05, 4.69) is 31.3 Å². The molecular formula is C16H22N2OS. The van der Waals surface area contributed by atoms with Crippen molar-refractivity contribution in [2.75, 3.05) is 24.2 Å². The highest BCUT2D eigenvalue weighted by Crippen LogP contribution is 2.32. The van der Waals surface area contributed by atoms with Gasteiger partial charge in [0.15, 0.2) is 0 Å². The van der Waals surface area contributed by atoms with E-state index in [0.29, 0.717) is 4.75 Å². The Labute approximate surface area is 125 Å². The van der Waals surface area contributed by atoms with Crippen molar-refractivity contribution in [1.82, 2.24) is 4.90 Å². The maximum absolute atomic E-state index is 12.7. The smallest absolute Gasteiger partial charge is 0.245 e. The lowest BCUT2D eigenvalue weighted by Crippen LogP contribution is -2.43. The Hall–Kier alpha value is -1.16. The predicted molar refractivity (Wildman–Crippen MR) is 85.3 cm³/mol. The Morgan fingerprint density at radius 2 is 2.15 bits per heavy atom.